The van der Waals surface area contributed by atoms with Crippen LogP contribution < -0.4 is 5.32 Å². The van der Waals surface area contributed by atoms with Gasteiger partial charge in [0.25, 0.3) is 0 Å². The SMILES string of the molecule is CCc1cccc(C)c1NC(=O)N1CCC(c2ncc[nH]2)CC1. The molecular formula is C18H24N4O. The Bertz CT molecular complexity index is 658. The van der Waals surface area contributed by atoms with Gasteiger partial charge in [-0.25, -0.2) is 9.78 Å². The lowest BCUT2D eigenvalue weighted by Gasteiger charge is -2.31. The summed E-state index contributed by atoms with van der Waals surface area (Å²) in [6.07, 6.45) is 6.47. The van der Waals surface area contributed by atoms with E-state index < -0.39 is 0 Å². The van der Waals surface area contributed by atoms with E-state index in [0.29, 0.717) is 5.92 Å². The molecule has 5 heteroatoms. The van der Waals surface area contributed by atoms with Crippen LogP contribution >= 0.6 is 0 Å². The van der Waals surface area contributed by atoms with Gasteiger partial charge in [0, 0.05) is 37.1 Å². The number of aromatic nitrogens is 2. The molecule has 1 aromatic carbocycles. The summed E-state index contributed by atoms with van der Waals surface area (Å²) in [5, 5.41) is 3.11. The second-order valence-electron chi connectivity index (χ2n) is 6.13. The minimum atomic E-state index is 0.00638. The molecule has 0 radical (unpaired) electrons. The fraction of sp³-hybridized carbons (Fsp3) is 0.444. The number of likely N-dealkylation sites (tertiary alicyclic amines) is 1. The number of nitrogens with one attached hydrogen (secondary N) is 2. The topological polar surface area (TPSA) is 61.0 Å². The van der Waals surface area contributed by atoms with E-state index in [1.807, 2.05) is 30.2 Å². The molecule has 0 bridgehead atoms. The predicted molar refractivity (Wildman–Crippen MR) is 91.7 cm³/mol. The van der Waals surface area contributed by atoms with Gasteiger partial charge in [0.2, 0.25) is 0 Å². The van der Waals surface area contributed by atoms with Crippen LogP contribution in [-0.2, 0) is 6.42 Å². The Labute approximate surface area is 137 Å². The van der Waals surface area contributed by atoms with Crippen LogP contribution in [0.2, 0.25) is 0 Å². The van der Waals surface area contributed by atoms with Crippen LogP contribution in [0.1, 0.15) is 42.6 Å². The maximum atomic E-state index is 12.6. The molecule has 2 heterocycles. The Morgan fingerprint density at radius 1 is 1.39 bits per heavy atom. The Hall–Kier alpha value is -2.30. The summed E-state index contributed by atoms with van der Waals surface area (Å²) in [5.74, 6) is 1.47. The van der Waals surface area contributed by atoms with E-state index in [2.05, 4.69) is 28.3 Å². The maximum absolute atomic E-state index is 12.6. The number of carbonyl (C=O) groups is 1. The number of rotatable bonds is 3. The Morgan fingerprint density at radius 3 is 2.83 bits per heavy atom. The van der Waals surface area contributed by atoms with Gasteiger partial charge in [0.1, 0.15) is 5.82 Å². The summed E-state index contributed by atoms with van der Waals surface area (Å²) in [6.45, 7) is 5.69. The van der Waals surface area contributed by atoms with Gasteiger partial charge in [0.05, 0.1) is 0 Å². The number of amides is 2. The van der Waals surface area contributed by atoms with E-state index in [1.165, 1.54) is 5.56 Å². The number of piperidine rings is 1. The van der Waals surface area contributed by atoms with E-state index in [-0.39, 0.29) is 6.03 Å². The zero-order chi connectivity index (χ0) is 16.2. The van der Waals surface area contributed by atoms with E-state index >= 15 is 0 Å². The van der Waals surface area contributed by atoms with Crippen molar-refractivity contribution < 1.29 is 4.79 Å². The van der Waals surface area contributed by atoms with Crippen LogP contribution in [0, 0.1) is 6.92 Å². The molecule has 0 unspecified atom stereocenters. The number of nitrogens with zero attached hydrogens (tertiary/aromatic N) is 2. The molecule has 23 heavy (non-hydrogen) atoms. The molecule has 0 saturated carbocycles. The van der Waals surface area contributed by atoms with Gasteiger partial charge in [-0.2, -0.15) is 0 Å². The fourth-order valence-corrected chi connectivity index (χ4v) is 3.24. The monoisotopic (exact) mass is 312 g/mol. The van der Waals surface area contributed by atoms with Gasteiger partial charge in [-0.3, -0.25) is 0 Å². The molecule has 2 N–H and O–H groups in total. The molecular weight excluding hydrogens is 288 g/mol. The predicted octanol–water partition coefficient (Wildman–Crippen LogP) is 3.69. The van der Waals surface area contributed by atoms with Crippen LogP contribution in [0.4, 0.5) is 10.5 Å². The van der Waals surface area contributed by atoms with Gasteiger partial charge in [-0.1, -0.05) is 25.1 Å². The lowest BCUT2D eigenvalue weighted by atomic mass is 9.96. The second-order valence-corrected chi connectivity index (χ2v) is 6.13. The average Bonchev–Trinajstić information content (AvgIpc) is 3.11. The van der Waals surface area contributed by atoms with E-state index in [0.717, 1.165) is 49.4 Å². The molecule has 0 spiro atoms. The molecule has 1 saturated heterocycles. The van der Waals surface area contributed by atoms with Gasteiger partial charge in [-0.15, -0.1) is 0 Å². The van der Waals surface area contributed by atoms with Gasteiger partial charge < -0.3 is 15.2 Å². The number of hydrogen-bond acceptors (Lipinski definition) is 2. The van der Waals surface area contributed by atoms with Gasteiger partial charge in [-0.05, 0) is 37.3 Å². The number of carbonyl (C=O) groups excluding carboxylic acids is 1. The number of H-pyrrole nitrogens is 1. The maximum Gasteiger partial charge on any atom is 0.321 e. The Balaban J connectivity index is 1.62. The smallest absolute Gasteiger partial charge is 0.321 e. The highest BCUT2D eigenvalue weighted by molar-refractivity contribution is 5.91. The zero-order valence-electron chi connectivity index (χ0n) is 13.8. The molecule has 122 valence electrons. The number of aryl methyl sites for hydroxylation is 2. The van der Waals surface area contributed by atoms with Crippen molar-refractivity contribution in [2.24, 2.45) is 0 Å². The molecule has 1 aromatic heterocycles. The molecule has 2 amide bonds. The number of anilines is 1. The second kappa shape index (κ2) is 6.86. The van der Waals surface area contributed by atoms with Crippen LogP contribution in [0.5, 0.6) is 0 Å². The standard InChI is InChI=1S/C18H24N4O/c1-3-14-6-4-5-13(2)16(14)21-18(23)22-11-7-15(8-12-22)17-19-9-10-20-17/h4-6,9-10,15H,3,7-8,11-12H2,1-2H3,(H,19,20)(H,21,23). The van der Waals surface area contributed by atoms with Crippen molar-refractivity contribution >= 4 is 11.7 Å². The zero-order valence-corrected chi connectivity index (χ0v) is 13.8. The highest BCUT2D eigenvalue weighted by Crippen LogP contribution is 2.26. The third-order valence-electron chi connectivity index (χ3n) is 4.66. The van der Waals surface area contributed by atoms with Crippen LogP contribution in [0.3, 0.4) is 0 Å². The summed E-state index contributed by atoms with van der Waals surface area (Å²) in [4.78, 5) is 22.0. The minimum absolute atomic E-state index is 0.00638. The van der Waals surface area contributed by atoms with Gasteiger partial charge >= 0.3 is 6.03 Å². The van der Waals surface area contributed by atoms with Crippen molar-refractivity contribution in [1.82, 2.24) is 14.9 Å². The number of urea groups is 1. The van der Waals surface area contributed by atoms with Crippen LogP contribution in [0.25, 0.3) is 0 Å². The lowest BCUT2D eigenvalue weighted by Crippen LogP contribution is -2.41. The number of aromatic amines is 1. The van der Waals surface area contributed by atoms with Crippen molar-refractivity contribution in [2.45, 2.75) is 39.0 Å². The van der Waals surface area contributed by atoms with Crippen molar-refractivity contribution in [3.63, 3.8) is 0 Å². The highest BCUT2D eigenvalue weighted by atomic mass is 16.2. The van der Waals surface area contributed by atoms with Crippen LogP contribution in [0.15, 0.2) is 30.6 Å². The van der Waals surface area contributed by atoms with E-state index in [9.17, 15) is 4.79 Å². The van der Waals surface area contributed by atoms with Crippen molar-refractivity contribution in [3.8, 4) is 0 Å². The first-order valence-corrected chi connectivity index (χ1v) is 8.32. The molecule has 1 fully saturated rings. The third kappa shape index (κ3) is 3.38. The summed E-state index contributed by atoms with van der Waals surface area (Å²) in [6, 6.07) is 6.16. The van der Waals surface area contributed by atoms with Crippen molar-refractivity contribution in [1.29, 1.82) is 0 Å². The normalized spacial score (nSPS) is 15.7. The quantitative estimate of drug-likeness (QED) is 0.908. The van der Waals surface area contributed by atoms with Crippen LogP contribution in [-0.4, -0.2) is 34.0 Å². The molecule has 3 rings (SSSR count). The van der Waals surface area contributed by atoms with E-state index in [1.54, 1.807) is 6.20 Å². The summed E-state index contributed by atoms with van der Waals surface area (Å²) in [5.41, 5.74) is 3.26. The van der Waals surface area contributed by atoms with Crippen molar-refractivity contribution in [2.75, 3.05) is 18.4 Å². The lowest BCUT2D eigenvalue weighted by molar-refractivity contribution is 0.193. The molecule has 0 aliphatic carbocycles. The number of hydrogen-bond donors (Lipinski definition) is 2. The Kier molecular flexibility index (Phi) is 4.65. The molecule has 5 nitrogen and oxygen atoms in total. The number of para-hydroxylation sites is 1. The first kappa shape index (κ1) is 15.6. The largest absolute Gasteiger partial charge is 0.348 e. The minimum Gasteiger partial charge on any atom is -0.348 e. The number of imidazole rings is 1. The molecule has 0 atom stereocenters. The molecule has 1 aliphatic rings. The summed E-state index contributed by atoms with van der Waals surface area (Å²) < 4.78 is 0. The van der Waals surface area contributed by atoms with Gasteiger partial charge in [0.15, 0.2) is 0 Å². The Morgan fingerprint density at radius 2 is 2.17 bits per heavy atom. The first-order chi connectivity index (χ1) is 11.2. The highest BCUT2D eigenvalue weighted by Gasteiger charge is 2.25. The summed E-state index contributed by atoms with van der Waals surface area (Å²) in [7, 11) is 0. The number of benzene rings is 1. The average molecular weight is 312 g/mol. The molecule has 2 aromatic rings. The fourth-order valence-electron chi connectivity index (χ4n) is 3.24. The third-order valence-corrected chi connectivity index (χ3v) is 4.66. The summed E-state index contributed by atoms with van der Waals surface area (Å²) >= 11 is 0. The van der Waals surface area contributed by atoms with Crippen molar-refractivity contribution in [3.05, 3.63) is 47.5 Å². The first-order valence-electron chi connectivity index (χ1n) is 8.32. The van der Waals surface area contributed by atoms with E-state index in [4.69, 9.17) is 0 Å². The molecule has 1 aliphatic heterocycles.